The van der Waals surface area contributed by atoms with Crippen molar-refractivity contribution >= 4 is 45.6 Å². The SMILES string of the molecule is CCOC(=O)Cn1c(O)c(N=NC(=S)Nc2ccccc2F)c2ccccc21. The monoisotopic (exact) mass is 400 g/mol. The van der Waals surface area contributed by atoms with Gasteiger partial charge in [-0.2, -0.15) is 0 Å². The Morgan fingerprint density at radius 2 is 1.96 bits per heavy atom. The van der Waals surface area contributed by atoms with Crippen LogP contribution in [-0.2, 0) is 16.1 Å². The molecule has 0 spiro atoms. The van der Waals surface area contributed by atoms with Gasteiger partial charge >= 0.3 is 5.97 Å². The second kappa shape index (κ2) is 8.57. The number of benzene rings is 2. The Balaban J connectivity index is 1.89. The molecular formula is C19H17FN4O3S. The molecule has 0 saturated heterocycles. The predicted molar refractivity (Wildman–Crippen MR) is 107 cm³/mol. The van der Waals surface area contributed by atoms with E-state index in [0.717, 1.165) is 0 Å². The number of aromatic nitrogens is 1. The molecule has 1 heterocycles. The summed E-state index contributed by atoms with van der Waals surface area (Å²) in [5.74, 6) is -1.21. The molecule has 0 atom stereocenters. The van der Waals surface area contributed by atoms with Crippen LogP contribution in [0.3, 0.4) is 0 Å². The summed E-state index contributed by atoms with van der Waals surface area (Å²) >= 11 is 5.07. The fourth-order valence-corrected chi connectivity index (χ4v) is 2.81. The van der Waals surface area contributed by atoms with Crippen molar-refractivity contribution in [3.05, 3.63) is 54.3 Å². The Hall–Kier alpha value is -3.33. The summed E-state index contributed by atoms with van der Waals surface area (Å²) in [5, 5.41) is 21.6. The molecule has 7 nitrogen and oxygen atoms in total. The van der Waals surface area contributed by atoms with Crippen LogP contribution in [0.15, 0.2) is 58.8 Å². The molecule has 0 radical (unpaired) electrons. The lowest BCUT2D eigenvalue weighted by atomic mass is 10.2. The molecule has 0 bridgehead atoms. The minimum atomic E-state index is -0.487. The Kier molecular flexibility index (Phi) is 5.95. The Morgan fingerprint density at radius 1 is 1.25 bits per heavy atom. The average molecular weight is 400 g/mol. The molecule has 0 saturated carbocycles. The number of nitrogens with zero attached hydrogens (tertiary/aromatic N) is 3. The summed E-state index contributed by atoms with van der Waals surface area (Å²) < 4.78 is 20.0. The van der Waals surface area contributed by atoms with Crippen molar-refractivity contribution in [2.24, 2.45) is 10.2 Å². The molecule has 3 aromatic rings. The highest BCUT2D eigenvalue weighted by Gasteiger charge is 2.19. The van der Waals surface area contributed by atoms with Gasteiger partial charge in [0.2, 0.25) is 11.0 Å². The van der Waals surface area contributed by atoms with Crippen LogP contribution in [0.5, 0.6) is 5.88 Å². The molecule has 144 valence electrons. The minimum absolute atomic E-state index is 0.0771. The van der Waals surface area contributed by atoms with E-state index in [-0.39, 0.29) is 35.5 Å². The van der Waals surface area contributed by atoms with E-state index in [1.165, 1.54) is 16.7 Å². The van der Waals surface area contributed by atoms with Crippen molar-refractivity contribution in [2.75, 3.05) is 11.9 Å². The number of esters is 1. The van der Waals surface area contributed by atoms with Crippen LogP contribution in [0.25, 0.3) is 10.9 Å². The summed E-state index contributed by atoms with van der Waals surface area (Å²) in [6, 6.07) is 13.0. The number of azo groups is 1. The number of carbonyl (C=O) groups is 1. The molecule has 0 amide bonds. The maximum Gasteiger partial charge on any atom is 0.326 e. The predicted octanol–water partition coefficient (Wildman–Crippen LogP) is 4.53. The molecule has 1 aromatic heterocycles. The van der Waals surface area contributed by atoms with Gasteiger partial charge in [-0.1, -0.05) is 30.3 Å². The lowest BCUT2D eigenvalue weighted by Crippen LogP contribution is -2.12. The molecule has 28 heavy (non-hydrogen) atoms. The number of aromatic hydroxyl groups is 1. The topological polar surface area (TPSA) is 88.2 Å². The van der Waals surface area contributed by atoms with Crippen molar-refractivity contribution in [2.45, 2.75) is 13.5 Å². The van der Waals surface area contributed by atoms with Crippen LogP contribution in [0.4, 0.5) is 15.8 Å². The van der Waals surface area contributed by atoms with E-state index in [2.05, 4.69) is 15.5 Å². The number of halogens is 1. The molecule has 0 aliphatic heterocycles. The summed E-state index contributed by atoms with van der Waals surface area (Å²) in [7, 11) is 0. The van der Waals surface area contributed by atoms with Crippen LogP contribution in [0.2, 0.25) is 0 Å². The van der Waals surface area contributed by atoms with Crippen molar-refractivity contribution < 1.29 is 19.0 Å². The van der Waals surface area contributed by atoms with E-state index in [4.69, 9.17) is 17.0 Å². The quantitative estimate of drug-likeness (QED) is 0.373. The van der Waals surface area contributed by atoms with E-state index in [9.17, 15) is 14.3 Å². The fraction of sp³-hybridized carbons (Fsp3) is 0.158. The highest BCUT2D eigenvalue weighted by molar-refractivity contribution is 7.80. The standard InChI is InChI=1S/C19H17FN4O3S/c1-2-27-16(25)11-24-15-10-6-3-7-12(15)17(18(24)26)22-23-19(28)21-14-9-5-4-8-13(14)20/h3-10,26H,2,11H2,1H3,(H,21,28). The number of carbonyl (C=O) groups excluding carboxylic acids is 1. The minimum Gasteiger partial charge on any atom is -0.493 e. The van der Waals surface area contributed by atoms with Crippen molar-refractivity contribution in [3.63, 3.8) is 0 Å². The number of fused-ring (bicyclic) bond motifs is 1. The number of rotatable bonds is 5. The molecule has 0 aliphatic carbocycles. The van der Waals surface area contributed by atoms with Crippen LogP contribution in [0, 0.1) is 5.82 Å². The molecule has 0 aliphatic rings. The third kappa shape index (κ3) is 4.15. The number of nitrogens with one attached hydrogen (secondary N) is 1. The van der Waals surface area contributed by atoms with Crippen molar-refractivity contribution in [3.8, 4) is 5.88 Å². The zero-order valence-corrected chi connectivity index (χ0v) is 15.7. The zero-order valence-electron chi connectivity index (χ0n) is 14.9. The van der Waals surface area contributed by atoms with Crippen molar-refractivity contribution in [1.29, 1.82) is 0 Å². The number of ether oxygens (including phenoxy) is 1. The van der Waals surface area contributed by atoms with E-state index < -0.39 is 11.8 Å². The third-order valence-electron chi connectivity index (χ3n) is 3.87. The Morgan fingerprint density at radius 3 is 2.71 bits per heavy atom. The largest absolute Gasteiger partial charge is 0.493 e. The number of hydrogen-bond donors (Lipinski definition) is 2. The summed E-state index contributed by atoms with van der Waals surface area (Å²) in [6.07, 6.45) is 0. The van der Waals surface area contributed by atoms with Gasteiger partial charge < -0.3 is 15.2 Å². The third-order valence-corrected chi connectivity index (χ3v) is 4.05. The Labute approximate surface area is 165 Å². The molecule has 0 unspecified atom stereocenters. The van der Waals surface area contributed by atoms with Gasteiger partial charge in [0, 0.05) is 5.39 Å². The summed E-state index contributed by atoms with van der Waals surface area (Å²) in [6.45, 7) is 1.77. The van der Waals surface area contributed by atoms with Gasteiger partial charge in [-0.25, -0.2) is 4.39 Å². The van der Waals surface area contributed by atoms with Crippen LogP contribution >= 0.6 is 12.2 Å². The molecule has 0 fully saturated rings. The second-order valence-corrected chi connectivity index (χ2v) is 6.08. The molecule has 3 rings (SSSR count). The van der Waals surface area contributed by atoms with Gasteiger partial charge in [-0.05, 0) is 37.3 Å². The van der Waals surface area contributed by atoms with Gasteiger partial charge in [0.25, 0.3) is 0 Å². The van der Waals surface area contributed by atoms with Crippen LogP contribution in [0.1, 0.15) is 6.92 Å². The molecule has 2 N–H and O–H groups in total. The van der Waals surface area contributed by atoms with E-state index in [1.54, 1.807) is 43.3 Å². The van der Waals surface area contributed by atoms with E-state index in [0.29, 0.717) is 10.9 Å². The van der Waals surface area contributed by atoms with Crippen molar-refractivity contribution in [1.82, 2.24) is 4.57 Å². The molecule has 2 aromatic carbocycles. The van der Waals surface area contributed by atoms with Gasteiger partial charge in [0.05, 0.1) is 17.8 Å². The van der Waals surface area contributed by atoms with Gasteiger partial charge in [0.1, 0.15) is 12.4 Å². The maximum atomic E-state index is 13.7. The van der Waals surface area contributed by atoms with Crippen LogP contribution < -0.4 is 5.32 Å². The highest BCUT2D eigenvalue weighted by atomic mass is 32.1. The number of hydrogen-bond acceptors (Lipinski definition) is 5. The molecule has 9 heteroatoms. The van der Waals surface area contributed by atoms with Gasteiger partial charge in [0.15, 0.2) is 5.69 Å². The average Bonchev–Trinajstić information content (AvgIpc) is 2.94. The number of anilines is 1. The first-order chi connectivity index (χ1) is 13.5. The fourth-order valence-electron chi connectivity index (χ4n) is 2.66. The zero-order chi connectivity index (χ0) is 20.1. The van der Waals surface area contributed by atoms with Crippen LogP contribution in [-0.4, -0.2) is 27.4 Å². The van der Waals surface area contributed by atoms with Gasteiger partial charge in [-0.3, -0.25) is 9.36 Å². The number of thiocarbonyl (C=S) groups is 1. The Bertz CT molecular complexity index is 1060. The van der Waals surface area contributed by atoms with Gasteiger partial charge in [-0.15, -0.1) is 10.2 Å². The number of para-hydroxylation sites is 2. The molecular weight excluding hydrogens is 383 g/mol. The highest BCUT2D eigenvalue weighted by Crippen LogP contribution is 2.38. The first kappa shape index (κ1) is 19.4. The maximum absolute atomic E-state index is 13.7. The van der Waals surface area contributed by atoms with E-state index in [1.807, 2.05) is 0 Å². The second-order valence-electron chi connectivity index (χ2n) is 5.69. The van der Waals surface area contributed by atoms with E-state index >= 15 is 0 Å². The lowest BCUT2D eigenvalue weighted by Gasteiger charge is -2.06. The smallest absolute Gasteiger partial charge is 0.326 e. The summed E-state index contributed by atoms with van der Waals surface area (Å²) in [5.41, 5.74) is 0.910. The lowest BCUT2D eigenvalue weighted by molar-refractivity contribution is -0.143. The first-order valence-corrected chi connectivity index (χ1v) is 8.85. The first-order valence-electron chi connectivity index (χ1n) is 8.44. The normalized spacial score (nSPS) is 11.1. The summed E-state index contributed by atoms with van der Waals surface area (Å²) in [4.78, 5) is 11.8.